The van der Waals surface area contributed by atoms with Crippen molar-refractivity contribution in [2.45, 2.75) is 51.5 Å². The number of nitrogens with zero attached hydrogens (tertiary/aromatic N) is 3. The molecule has 2 aliphatic rings. The van der Waals surface area contributed by atoms with E-state index in [-0.39, 0.29) is 11.7 Å². The van der Waals surface area contributed by atoms with Crippen LogP contribution in [0.5, 0.6) is 0 Å². The fourth-order valence-electron chi connectivity index (χ4n) is 4.31. The topological polar surface area (TPSA) is 26.8 Å². The molecule has 1 aliphatic heterocycles. The standard InChI is InChI=1S/C21H32FN3O/c1-2-23(19-6-4-3-5-7-19)13-12-21(26)25-16-14-24(15-17-25)20-10-8-18(22)9-11-20/h8-11,19H,2-7,12-17H2,1H3. The summed E-state index contributed by atoms with van der Waals surface area (Å²) < 4.78 is 13.1. The van der Waals surface area contributed by atoms with Gasteiger partial charge >= 0.3 is 0 Å². The minimum absolute atomic E-state index is 0.207. The van der Waals surface area contributed by atoms with Crippen molar-refractivity contribution in [2.75, 3.05) is 44.2 Å². The molecule has 0 aromatic heterocycles. The molecule has 1 saturated heterocycles. The Hall–Kier alpha value is -1.62. The molecule has 1 aliphatic carbocycles. The van der Waals surface area contributed by atoms with Crippen molar-refractivity contribution in [3.05, 3.63) is 30.1 Å². The van der Waals surface area contributed by atoms with Gasteiger partial charge in [0.2, 0.25) is 5.91 Å². The van der Waals surface area contributed by atoms with Gasteiger partial charge in [0.25, 0.3) is 0 Å². The summed E-state index contributed by atoms with van der Waals surface area (Å²) in [5, 5.41) is 0. The molecule has 4 nitrogen and oxygen atoms in total. The number of carbonyl (C=O) groups is 1. The number of rotatable bonds is 6. The monoisotopic (exact) mass is 361 g/mol. The van der Waals surface area contributed by atoms with Gasteiger partial charge in [-0.15, -0.1) is 0 Å². The summed E-state index contributed by atoms with van der Waals surface area (Å²) in [6.45, 7) is 7.28. The van der Waals surface area contributed by atoms with Gasteiger partial charge in [0.1, 0.15) is 5.82 Å². The molecule has 2 fully saturated rings. The van der Waals surface area contributed by atoms with Gasteiger partial charge < -0.3 is 14.7 Å². The van der Waals surface area contributed by atoms with Crippen molar-refractivity contribution in [1.29, 1.82) is 0 Å². The van der Waals surface area contributed by atoms with Crippen LogP contribution < -0.4 is 4.90 Å². The Morgan fingerprint density at radius 2 is 1.73 bits per heavy atom. The van der Waals surface area contributed by atoms with E-state index in [0.29, 0.717) is 12.5 Å². The van der Waals surface area contributed by atoms with Crippen LogP contribution in [0.25, 0.3) is 0 Å². The molecule has 0 radical (unpaired) electrons. The first-order chi connectivity index (χ1) is 12.7. The second-order valence-corrected chi connectivity index (χ2v) is 7.51. The third-order valence-electron chi connectivity index (χ3n) is 5.93. The van der Waals surface area contributed by atoms with Crippen molar-refractivity contribution in [3.8, 4) is 0 Å². The van der Waals surface area contributed by atoms with Gasteiger partial charge in [0.15, 0.2) is 0 Å². The van der Waals surface area contributed by atoms with E-state index in [2.05, 4.69) is 16.7 Å². The zero-order valence-corrected chi connectivity index (χ0v) is 16.0. The van der Waals surface area contributed by atoms with Crippen molar-refractivity contribution >= 4 is 11.6 Å². The van der Waals surface area contributed by atoms with Crippen LogP contribution in [0.1, 0.15) is 45.4 Å². The fraction of sp³-hybridized carbons (Fsp3) is 0.667. The summed E-state index contributed by atoms with van der Waals surface area (Å²) in [7, 11) is 0. The molecule has 0 N–H and O–H groups in total. The van der Waals surface area contributed by atoms with Gasteiger partial charge in [0, 0.05) is 50.9 Å². The first-order valence-electron chi connectivity index (χ1n) is 10.2. The third kappa shape index (κ3) is 4.97. The zero-order chi connectivity index (χ0) is 18.4. The second kappa shape index (κ2) is 9.36. The molecule has 0 spiro atoms. The first kappa shape index (κ1) is 19.2. The zero-order valence-electron chi connectivity index (χ0n) is 16.0. The molecular formula is C21H32FN3O. The third-order valence-corrected chi connectivity index (χ3v) is 5.93. The molecule has 0 bridgehead atoms. The van der Waals surface area contributed by atoms with Crippen LogP contribution in [0.2, 0.25) is 0 Å². The van der Waals surface area contributed by atoms with Gasteiger partial charge in [-0.1, -0.05) is 26.2 Å². The Bertz CT molecular complexity index is 563. The highest BCUT2D eigenvalue weighted by Gasteiger charge is 2.24. The van der Waals surface area contributed by atoms with Gasteiger partial charge in [-0.2, -0.15) is 0 Å². The summed E-state index contributed by atoms with van der Waals surface area (Å²) >= 11 is 0. The van der Waals surface area contributed by atoms with Gasteiger partial charge in [0.05, 0.1) is 0 Å². The van der Waals surface area contributed by atoms with Crippen molar-refractivity contribution < 1.29 is 9.18 Å². The molecule has 144 valence electrons. The highest BCUT2D eigenvalue weighted by molar-refractivity contribution is 5.76. The van der Waals surface area contributed by atoms with Gasteiger partial charge in [-0.3, -0.25) is 4.79 Å². The van der Waals surface area contributed by atoms with E-state index in [0.717, 1.165) is 45.0 Å². The predicted octanol–water partition coefficient (Wildman–Crippen LogP) is 3.52. The summed E-state index contributed by atoms with van der Waals surface area (Å²) in [5.74, 6) is 0.0685. The van der Waals surface area contributed by atoms with Crippen molar-refractivity contribution in [2.24, 2.45) is 0 Å². The number of anilines is 1. The summed E-state index contributed by atoms with van der Waals surface area (Å²) in [6, 6.07) is 7.30. The van der Waals surface area contributed by atoms with E-state index in [9.17, 15) is 9.18 Å². The SMILES string of the molecule is CCN(CCC(=O)N1CCN(c2ccc(F)cc2)CC1)C1CCCCC1. The Morgan fingerprint density at radius 3 is 2.35 bits per heavy atom. The molecule has 3 rings (SSSR count). The number of hydrogen-bond donors (Lipinski definition) is 0. The fourth-order valence-corrected chi connectivity index (χ4v) is 4.31. The van der Waals surface area contributed by atoms with E-state index in [1.165, 1.54) is 44.2 Å². The average molecular weight is 362 g/mol. The Morgan fingerprint density at radius 1 is 1.08 bits per heavy atom. The van der Waals surface area contributed by atoms with Gasteiger partial charge in [-0.25, -0.2) is 4.39 Å². The van der Waals surface area contributed by atoms with Crippen LogP contribution in [-0.4, -0.2) is 61.0 Å². The highest BCUT2D eigenvalue weighted by Crippen LogP contribution is 2.23. The molecule has 26 heavy (non-hydrogen) atoms. The minimum Gasteiger partial charge on any atom is -0.368 e. The number of halogens is 1. The molecular weight excluding hydrogens is 329 g/mol. The summed E-state index contributed by atoms with van der Waals surface area (Å²) in [6.07, 6.45) is 7.24. The second-order valence-electron chi connectivity index (χ2n) is 7.51. The molecule has 5 heteroatoms. The quantitative estimate of drug-likeness (QED) is 0.776. The lowest BCUT2D eigenvalue weighted by Crippen LogP contribution is -2.49. The molecule has 1 aromatic rings. The van der Waals surface area contributed by atoms with Crippen molar-refractivity contribution in [1.82, 2.24) is 9.80 Å². The van der Waals surface area contributed by atoms with Crippen LogP contribution in [0, 0.1) is 5.82 Å². The molecule has 0 atom stereocenters. The maximum Gasteiger partial charge on any atom is 0.223 e. The first-order valence-corrected chi connectivity index (χ1v) is 10.2. The van der Waals surface area contributed by atoms with E-state index in [1.54, 1.807) is 0 Å². The van der Waals surface area contributed by atoms with E-state index < -0.39 is 0 Å². The largest absolute Gasteiger partial charge is 0.368 e. The number of piperazine rings is 1. The van der Waals surface area contributed by atoms with Crippen LogP contribution in [-0.2, 0) is 4.79 Å². The predicted molar refractivity (Wildman–Crippen MR) is 104 cm³/mol. The minimum atomic E-state index is -0.207. The number of hydrogen-bond acceptors (Lipinski definition) is 3. The number of benzene rings is 1. The average Bonchev–Trinajstić information content (AvgIpc) is 2.70. The van der Waals surface area contributed by atoms with Crippen LogP contribution in [0.3, 0.4) is 0 Å². The molecule has 1 aromatic carbocycles. The van der Waals surface area contributed by atoms with Crippen LogP contribution in [0.15, 0.2) is 24.3 Å². The van der Waals surface area contributed by atoms with E-state index >= 15 is 0 Å². The van der Waals surface area contributed by atoms with E-state index in [4.69, 9.17) is 0 Å². The maximum atomic E-state index is 13.1. The van der Waals surface area contributed by atoms with Crippen molar-refractivity contribution in [3.63, 3.8) is 0 Å². The molecule has 0 unspecified atom stereocenters. The summed E-state index contributed by atoms with van der Waals surface area (Å²) in [4.78, 5) is 19.3. The molecule has 1 amide bonds. The lowest BCUT2D eigenvalue weighted by atomic mass is 9.94. The smallest absolute Gasteiger partial charge is 0.223 e. The normalized spacial score (nSPS) is 19.2. The summed E-state index contributed by atoms with van der Waals surface area (Å²) in [5.41, 5.74) is 1.04. The van der Waals surface area contributed by atoms with E-state index in [1.807, 2.05) is 17.0 Å². The van der Waals surface area contributed by atoms with Gasteiger partial charge in [-0.05, 0) is 43.7 Å². The number of amides is 1. The molecule has 1 heterocycles. The Kier molecular flexibility index (Phi) is 6.89. The lowest BCUT2D eigenvalue weighted by Gasteiger charge is -2.37. The Labute approximate surface area is 157 Å². The number of carbonyl (C=O) groups excluding carboxylic acids is 1. The van der Waals surface area contributed by atoms with Crippen LogP contribution >= 0.6 is 0 Å². The van der Waals surface area contributed by atoms with Crippen LogP contribution in [0.4, 0.5) is 10.1 Å². The maximum absolute atomic E-state index is 13.1. The Balaban J connectivity index is 1.43. The molecule has 1 saturated carbocycles. The lowest BCUT2D eigenvalue weighted by molar-refractivity contribution is -0.132. The highest BCUT2D eigenvalue weighted by atomic mass is 19.1.